The van der Waals surface area contributed by atoms with E-state index in [9.17, 15) is 22.9 Å². The summed E-state index contributed by atoms with van der Waals surface area (Å²) in [6.45, 7) is -0.149. The third-order valence-corrected chi connectivity index (χ3v) is 9.56. The van der Waals surface area contributed by atoms with Gasteiger partial charge in [-0.2, -0.15) is 5.26 Å². The van der Waals surface area contributed by atoms with E-state index in [1.807, 2.05) is 0 Å². The molecule has 1 amide bonds. The number of ether oxygens (including phenoxy) is 1. The van der Waals surface area contributed by atoms with Crippen LogP contribution in [0.2, 0.25) is 15.1 Å². The van der Waals surface area contributed by atoms with Crippen molar-refractivity contribution >= 4 is 50.5 Å². The number of benzene rings is 2. The first kappa shape index (κ1) is 25.2. The Balaban J connectivity index is 1.58. The molecule has 0 bridgehead atoms. The van der Waals surface area contributed by atoms with E-state index < -0.39 is 44.4 Å². The SMILES string of the molecule is N#CC1(NC(=O)C2C[C@H](S(=O)(=O)c3ccccc3Cl)C[C@@H]2OCc2cc(F)c(Cl)cc2Cl)CC1. The summed E-state index contributed by atoms with van der Waals surface area (Å²) >= 11 is 18.0. The standard InChI is InChI=1S/C23H20Cl3FN2O4S/c24-16-3-1-2-4-21(16)34(31,32)14-8-15(22(30)29-23(12-28)5-6-23)20(9-14)33-11-13-7-19(27)18(26)10-17(13)25/h1-4,7,10,14-15,20H,5-6,8-9,11H2,(H,29,30)/t14-,15?,20-/m0/s1. The van der Waals surface area contributed by atoms with E-state index in [1.165, 1.54) is 18.2 Å². The van der Waals surface area contributed by atoms with Crippen LogP contribution in [0.1, 0.15) is 31.2 Å². The van der Waals surface area contributed by atoms with Crippen LogP contribution in [0.15, 0.2) is 41.3 Å². The van der Waals surface area contributed by atoms with Crippen LogP contribution in [0.4, 0.5) is 4.39 Å². The largest absolute Gasteiger partial charge is 0.373 e. The average Bonchev–Trinajstić information content (AvgIpc) is 3.42. The molecule has 0 aliphatic heterocycles. The molecule has 2 aromatic rings. The monoisotopic (exact) mass is 544 g/mol. The zero-order valence-electron chi connectivity index (χ0n) is 17.7. The van der Waals surface area contributed by atoms with Crippen molar-refractivity contribution in [2.24, 2.45) is 5.92 Å². The van der Waals surface area contributed by atoms with Gasteiger partial charge in [0.2, 0.25) is 5.91 Å². The number of carbonyl (C=O) groups is 1. The zero-order valence-corrected chi connectivity index (χ0v) is 20.8. The number of amides is 1. The molecule has 0 radical (unpaired) electrons. The minimum Gasteiger partial charge on any atom is -0.373 e. The minimum atomic E-state index is -3.87. The Morgan fingerprint density at radius 2 is 1.85 bits per heavy atom. The van der Waals surface area contributed by atoms with Crippen molar-refractivity contribution in [3.63, 3.8) is 0 Å². The van der Waals surface area contributed by atoms with Gasteiger partial charge in [0.15, 0.2) is 9.84 Å². The van der Waals surface area contributed by atoms with Crippen molar-refractivity contribution < 1.29 is 22.3 Å². The van der Waals surface area contributed by atoms with E-state index in [-0.39, 0.29) is 39.4 Å². The van der Waals surface area contributed by atoms with E-state index in [1.54, 1.807) is 12.1 Å². The predicted molar refractivity (Wildman–Crippen MR) is 126 cm³/mol. The summed E-state index contributed by atoms with van der Waals surface area (Å²) in [4.78, 5) is 13.0. The maximum Gasteiger partial charge on any atom is 0.227 e. The van der Waals surface area contributed by atoms with Crippen LogP contribution >= 0.6 is 34.8 Å². The number of nitriles is 1. The Kier molecular flexibility index (Phi) is 7.14. The molecule has 34 heavy (non-hydrogen) atoms. The maximum absolute atomic E-state index is 13.9. The van der Waals surface area contributed by atoms with E-state index in [0.29, 0.717) is 18.4 Å². The summed E-state index contributed by atoms with van der Waals surface area (Å²) < 4.78 is 46.5. The fourth-order valence-electron chi connectivity index (χ4n) is 4.11. The quantitative estimate of drug-likeness (QED) is 0.489. The van der Waals surface area contributed by atoms with Crippen molar-refractivity contribution in [3.05, 3.63) is 62.8 Å². The highest BCUT2D eigenvalue weighted by atomic mass is 35.5. The molecule has 2 aromatic carbocycles. The molecule has 0 aromatic heterocycles. The third-order valence-electron chi connectivity index (χ3n) is 6.25. The van der Waals surface area contributed by atoms with Gasteiger partial charge in [-0.05, 0) is 55.5 Å². The minimum absolute atomic E-state index is 0.00568. The average molecular weight is 546 g/mol. The molecule has 11 heteroatoms. The summed E-state index contributed by atoms with van der Waals surface area (Å²) in [6.07, 6.45) is 0.294. The van der Waals surface area contributed by atoms with Crippen LogP contribution in [0, 0.1) is 23.1 Å². The van der Waals surface area contributed by atoms with Crippen LogP contribution in [0.3, 0.4) is 0 Å². The molecule has 3 atom stereocenters. The van der Waals surface area contributed by atoms with Crippen LogP contribution < -0.4 is 5.32 Å². The first-order chi connectivity index (χ1) is 16.1. The molecule has 0 saturated heterocycles. The molecule has 2 aliphatic rings. The van der Waals surface area contributed by atoms with Gasteiger partial charge in [-0.1, -0.05) is 46.9 Å². The van der Waals surface area contributed by atoms with Crippen LogP contribution in [-0.4, -0.2) is 31.2 Å². The van der Waals surface area contributed by atoms with Crippen molar-refractivity contribution in [1.82, 2.24) is 5.32 Å². The molecule has 2 fully saturated rings. The molecule has 1 unspecified atom stereocenters. The number of sulfone groups is 1. The fourth-order valence-corrected chi connectivity index (χ4v) is 6.88. The Labute approximate surface area is 211 Å². The third kappa shape index (κ3) is 5.05. The van der Waals surface area contributed by atoms with Gasteiger partial charge in [0.25, 0.3) is 0 Å². The second-order valence-electron chi connectivity index (χ2n) is 8.57. The van der Waals surface area contributed by atoms with Gasteiger partial charge in [0, 0.05) is 5.02 Å². The fraction of sp³-hybridized carbons (Fsp3) is 0.391. The lowest BCUT2D eigenvalue weighted by Crippen LogP contribution is -2.42. The maximum atomic E-state index is 13.9. The molecule has 2 saturated carbocycles. The lowest BCUT2D eigenvalue weighted by molar-refractivity contribution is -0.130. The van der Waals surface area contributed by atoms with E-state index in [2.05, 4.69) is 11.4 Å². The summed E-state index contributed by atoms with van der Waals surface area (Å²) in [5.74, 6) is -1.95. The summed E-state index contributed by atoms with van der Waals surface area (Å²) in [7, 11) is -3.87. The molecule has 1 N–H and O–H groups in total. The Morgan fingerprint density at radius 3 is 2.50 bits per heavy atom. The number of nitrogens with zero attached hydrogens (tertiary/aromatic N) is 1. The van der Waals surface area contributed by atoms with E-state index in [0.717, 1.165) is 6.07 Å². The molecular formula is C23H20Cl3FN2O4S. The van der Waals surface area contributed by atoms with Crippen LogP contribution in [0.5, 0.6) is 0 Å². The van der Waals surface area contributed by atoms with E-state index in [4.69, 9.17) is 39.5 Å². The molecule has 6 nitrogen and oxygen atoms in total. The smallest absolute Gasteiger partial charge is 0.227 e. The Morgan fingerprint density at radius 1 is 1.15 bits per heavy atom. The van der Waals surface area contributed by atoms with Gasteiger partial charge in [-0.3, -0.25) is 4.79 Å². The molecule has 0 spiro atoms. The number of hydrogen-bond acceptors (Lipinski definition) is 5. The molecule has 4 rings (SSSR count). The molecule has 2 aliphatic carbocycles. The lowest BCUT2D eigenvalue weighted by atomic mass is 10.0. The van der Waals surface area contributed by atoms with Gasteiger partial charge in [0.05, 0.1) is 44.9 Å². The van der Waals surface area contributed by atoms with Crippen molar-refractivity contribution in [2.45, 2.75) is 54.1 Å². The number of carbonyl (C=O) groups excluding carboxylic acids is 1. The second-order valence-corrected chi connectivity index (χ2v) is 12.0. The zero-order chi connectivity index (χ0) is 24.7. The predicted octanol–water partition coefficient (Wildman–Crippen LogP) is 5.10. The Hall–Kier alpha value is -1.89. The number of halogens is 4. The van der Waals surface area contributed by atoms with Gasteiger partial charge in [-0.25, -0.2) is 12.8 Å². The summed E-state index contributed by atoms with van der Waals surface area (Å²) in [5, 5.41) is 11.3. The molecule has 180 valence electrons. The van der Waals surface area contributed by atoms with Crippen LogP contribution in [-0.2, 0) is 26.0 Å². The first-order valence-corrected chi connectivity index (χ1v) is 13.2. The van der Waals surface area contributed by atoms with Gasteiger partial charge in [0.1, 0.15) is 11.4 Å². The van der Waals surface area contributed by atoms with Crippen LogP contribution in [0.25, 0.3) is 0 Å². The summed E-state index contributed by atoms with van der Waals surface area (Å²) in [5.41, 5.74) is -0.597. The van der Waals surface area contributed by atoms with Crippen molar-refractivity contribution in [1.29, 1.82) is 5.26 Å². The number of rotatable bonds is 7. The van der Waals surface area contributed by atoms with Gasteiger partial charge >= 0.3 is 0 Å². The number of nitrogens with one attached hydrogen (secondary N) is 1. The molecule has 0 heterocycles. The highest BCUT2D eigenvalue weighted by Crippen LogP contribution is 2.40. The normalized spacial score (nSPS) is 23.3. The summed E-state index contributed by atoms with van der Waals surface area (Å²) in [6, 6.07) is 10.6. The van der Waals surface area contributed by atoms with Gasteiger partial charge < -0.3 is 10.1 Å². The number of hydrogen-bond donors (Lipinski definition) is 1. The highest BCUT2D eigenvalue weighted by Gasteiger charge is 2.50. The Bertz CT molecular complexity index is 1280. The van der Waals surface area contributed by atoms with Gasteiger partial charge in [-0.15, -0.1) is 0 Å². The topological polar surface area (TPSA) is 96.3 Å². The highest BCUT2D eigenvalue weighted by molar-refractivity contribution is 7.92. The second kappa shape index (κ2) is 9.63. The first-order valence-electron chi connectivity index (χ1n) is 10.5. The van der Waals surface area contributed by atoms with E-state index >= 15 is 0 Å². The molecular weight excluding hydrogens is 526 g/mol. The van der Waals surface area contributed by atoms with Crippen molar-refractivity contribution in [2.75, 3.05) is 0 Å². The lowest BCUT2D eigenvalue weighted by Gasteiger charge is -2.21. The van der Waals surface area contributed by atoms with Crippen molar-refractivity contribution in [3.8, 4) is 6.07 Å².